The van der Waals surface area contributed by atoms with Gasteiger partial charge in [-0.3, -0.25) is 9.59 Å². The van der Waals surface area contributed by atoms with Crippen LogP contribution in [-0.2, 0) is 9.59 Å². The van der Waals surface area contributed by atoms with E-state index in [1.54, 1.807) is 0 Å². The van der Waals surface area contributed by atoms with Gasteiger partial charge in [-0.15, -0.1) is 0 Å². The van der Waals surface area contributed by atoms with E-state index in [4.69, 9.17) is 0 Å². The van der Waals surface area contributed by atoms with Crippen LogP contribution in [0.15, 0.2) is 12.2 Å². The SMILES string of the molecule is CC1CCCCC1CNC(=O)C1C2C=CC(C2)C1C(=O)O. The highest BCUT2D eigenvalue weighted by atomic mass is 16.4. The zero-order valence-electron chi connectivity index (χ0n) is 12.6. The largest absolute Gasteiger partial charge is 0.481 e. The van der Waals surface area contributed by atoms with Gasteiger partial charge in [-0.2, -0.15) is 0 Å². The second-order valence-electron chi connectivity index (χ2n) is 7.11. The molecule has 0 aromatic rings. The average Bonchev–Trinajstić information content (AvgIpc) is 3.06. The summed E-state index contributed by atoms with van der Waals surface area (Å²) in [6, 6.07) is 0. The highest BCUT2D eigenvalue weighted by Crippen LogP contribution is 2.48. The van der Waals surface area contributed by atoms with Crippen molar-refractivity contribution in [3.63, 3.8) is 0 Å². The minimum absolute atomic E-state index is 0.0444. The summed E-state index contributed by atoms with van der Waals surface area (Å²) in [5, 5.41) is 12.5. The Labute approximate surface area is 126 Å². The maximum Gasteiger partial charge on any atom is 0.307 e. The van der Waals surface area contributed by atoms with E-state index in [9.17, 15) is 14.7 Å². The van der Waals surface area contributed by atoms with E-state index in [1.807, 2.05) is 12.2 Å². The maximum atomic E-state index is 12.5. The molecular weight excluding hydrogens is 266 g/mol. The third-order valence-electron chi connectivity index (χ3n) is 5.87. The number of amides is 1. The normalized spacial score (nSPS) is 41.2. The summed E-state index contributed by atoms with van der Waals surface area (Å²) >= 11 is 0. The van der Waals surface area contributed by atoms with Crippen LogP contribution in [0.3, 0.4) is 0 Å². The molecule has 1 amide bonds. The number of hydrogen-bond acceptors (Lipinski definition) is 2. The minimum Gasteiger partial charge on any atom is -0.481 e. The summed E-state index contributed by atoms with van der Waals surface area (Å²) in [4.78, 5) is 23.9. The van der Waals surface area contributed by atoms with Gasteiger partial charge in [-0.1, -0.05) is 38.3 Å². The molecule has 21 heavy (non-hydrogen) atoms. The van der Waals surface area contributed by atoms with E-state index in [0.29, 0.717) is 18.4 Å². The zero-order chi connectivity index (χ0) is 15.0. The number of rotatable bonds is 4. The van der Waals surface area contributed by atoms with Crippen LogP contribution in [0.1, 0.15) is 39.0 Å². The van der Waals surface area contributed by atoms with Crippen LogP contribution in [0.2, 0.25) is 0 Å². The van der Waals surface area contributed by atoms with Gasteiger partial charge in [0.05, 0.1) is 11.8 Å². The van der Waals surface area contributed by atoms with Crippen molar-refractivity contribution in [1.82, 2.24) is 5.32 Å². The Kier molecular flexibility index (Phi) is 4.05. The van der Waals surface area contributed by atoms with Gasteiger partial charge in [0.1, 0.15) is 0 Å². The van der Waals surface area contributed by atoms with Crippen molar-refractivity contribution in [2.45, 2.75) is 39.0 Å². The fraction of sp³-hybridized carbons (Fsp3) is 0.765. The molecule has 2 N–H and O–H groups in total. The summed E-state index contributed by atoms with van der Waals surface area (Å²) in [5.74, 6) is -0.360. The van der Waals surface area contributed by atoms with E-state index in [-0.39, 0.29) is 23.7 Å². The van der Waals surface area contributed by atoms with Gasteiger partial charge in [0.15, 0.2) is 0 Å². The molecule has 2 saturated carbocycles. The topological polar surface area (TPSA) is 66.4 Å². The summed E-state index contributed by atoms with van der Waals surface area (Å²) in [6.45, 7) is 2.97. The van der Waals surface area contributed by atoms with Gasteiger partial charge >= 0.3 is 5.97 Å². The van der Waals surface area contributed by atoms with Crippen molar-refractivity contribution < 1.29 is 14.7 Å². The molecule has 4 heteroatoms. The van der Waals surface area contributed by atoms with Crippen LogP contribution >= 0.6 is 0 Å². The lowest BCUT2D eigenvalue weighted by Gasteiger charge is -2.30. The van der Waals surface area contributed by atoms with Gasteiger partial charge in [-0.05, 0) is 36.5 Å². The number of carboxylic acid groups (broad SMARTS) is 1. The Balaban J connectivity index is 1.60. The fourth-order valence-corrected chi connectivity index (χ4v) is 4.56. The van der Waals surface area contributed by atoms with Gasteiger partial charge in [-0.25, -0.2) is 0 Å². The molecule has 0 aromatic carbocycles. The second-order valence-corrected chi connectivity index (χ2v) is 7.11. The first-order valence-corrected chi connectivity index (χ1v) is 8.26. The summed E-state index contributed by atoms with van der Waals surface area (Å²) in [5.41, 5.74) is 0. The first-order valence-electron chi connectivity index (χ1n) is 8.26. The number of aliphatic carboxylic acids is 1. The Bertz CT molecular complexity index is 459. The van der Waals surface area contributed by atoms with Crippen molar-refractivity contribution >= 4 is 11.9 Å². The molecule has 0 saturated heterocycles. The third kappa shape index (κ3) is 2.72. The Morgan fingerprint density at radius 3 is 2.48 bits per heavy atom. The molecule has 3 aliphatic rings. The standard InChI is InChI=1S/C17H25NO3/c1-10-4-2-3-5-13(10)9-18-16(19)14-11-6-7-12(8-11)15(14)17(20)21/h6-7,10-15H,2-5,8-9H2,1H3,(H,18,19)(H,20,21). The first-order chi connectivity index (χ1) is 10.1. The summed E-state index contributed by atoms with van der Waals surface area (Å²) in [7, 11) is 0. The summed E-state index contributed by atoms with van der Waals surface area (Å²) in [6.07, 6.45) is 9.82. The van der Waals surface area contributed by atoms with Gasteiger partial charge in [0, 0.05) is 6.54 Å². The van der Waals surface area contributed by atoms with Crippen LogP contribution in [0.4, 0.5) is 0 Å². The minimum atomic E-state index is -0.821. The molecule has 2 fully saturated rings. The molecule has 0 aliphatic heterocycles. The molecule has 3 aliphatic carbocycles. The smallest absolute Gasteiger partial charge is 0.307 e. The molecule has 0 radical (unpaired) electrons. The van der Waals surface area contributed by atoms with Gasteiger partial charge in [0.2, 0.25) is 5.91 Å². The van der Waals surface area contributed by atoms with Gasteiger partial charge in [0.25, 0.3) is 0 Å². The van der Waals surface area contributed by atoms with E-state index in [2.05, 4.69) is 12.2 Å². The molecule has 0 spiro atoms. The fourth-order valence-electron chi connectivity index (χ4n) is 4.56. The van der Waals surface area contributed by atoms with Crippen molar-refractivity contribution in [3.8, 4) is 0 Å². The molecular formula is C17H25NO3. The van der Waals surface area contributed by atoms with Gasteiger partial charge < -0.3 is 10.4 Å². The molecule has 6 atom stereocenters. The van der Waals surface area contributed by atoms with Crippen LogP contribution in [0, 0.1) is 35.5 Å². The van der Waals surface area contributed by atoms with E-state index in [1.165, 1.54) is 25.7 Å². The van der Waals surface area contributed by atoms with Crippen molar-refractivity contribution in [1.29, 1.82) is 0 Å². The Morgan fingerprint density at radius 2 is 1.81 bits per heavy atom. The lowest BCUT2D eigenvalue weighted by atomic mass is 9.79. The number of carbonyl (C=O) groups excluding carboxylic acids is 1. The van der Waals surface area contributed by atoms with Crippen molar-refractivity contribution in [3.05, 3.63) is 12.2 Å². The van der Waals surface area contributed by atoms with Crippen LogP contribution in [0.5, 0.6) is 0 Å². The van der Waals surface area contributed by atoms with E-state index in [0.717, 1.165) is 6.42 Å². The highest BCUT2D eigenvalue weighted by molar-refractivity contribution is 5.86. The molecule has 2 bridgehead atoms. The third-order valence-corrected chi connectivity index (χ3v) is 5.87. The van der Waals surface area contributed by atoms with Crippen LogP contribution in [-0.4, -0.2) is 23.5 Å². The van der Waals surface area contributed by atoms with Crippen molar-refractivity contribution in [2.75, 3.05) is 6.54 Å². The quantitative estimate of drug-likeness (QED) is 0.782. The zero-order valence-corrected chi connectivity index (χ0v) is 12.6. The Hall–Kier alpha value is -1.32. The predicted octanol–water partition coefficient (Wildman–Crippen LogP) is 2.45. The summed E-state index contributed by atoms with van der Waals surface area (Å²) < 4.78 is 0. The maximum absolute atomic E-state index is 12.5. The van der Waals surface area contributed by atoms with Crippen LogP contribution in [0.25, 0.3) is 0 Å². The molecule has 6 unspecified atom stereocenters. The van der Waals surface area contributed by atoms with E-state index < -0.39 is 11.9 Å². The molecule has 3 rings (SSSR count). The molecule has 0 aromatic heterocycles. The molecule has 116 valence electrons. The number of hydrogen-bond donors (Lipinski definition) is 2. The monoisotopic (exact) mass is 291 g/mol. The lowest BCUT2D eigenvalue weighted by molar-refractivity contribution is -0.147. The average molecular weight is 291 g/mol. The molecule has 4 nitrogen and oxygen atoms in total. The number of nitrogens with one attached hydrogen (secondary N) is 1. The van der Waals surface area contributed by atoms with Crippen LogP contribution < -0.4 is 5.32 Å². The number of carbonyl (C=O) groups is 2. The van der Waals surface area contributed by atoms with Crippen molar-refractivity contribution in [2.24, 2.45) is 35.5 Å². The second kappa shape index (κ2) is 5.82. The lowest BCUT2D eigenvalue weighted by Crippen LogP contribution is -2.42. The Morgan fingerprint density at radius 1 is 1.14 bits per heavy atom. The molecule has 0 heterocycles. The highest BCUT2D eigenvalue weighted by Gasteiger charge is 2.51. The predicted molar refractivity (Wildman–Crippen MR) is 79.5 cm³/mol. The number of fused-ring (bicyclic) bond motifs is 2. The first kappa shape index (κ1) is 14.6. The van der Waals surface area contributed by atoms with E-state index >= 15 is 0 Å². The number of allylic oxidation sites excluding steroid dienone is 2. The number of carboxylic acids is 1.